The average molecular weight is 560 g/mol. The first-order chi connectivity index (χ1) is 19.7. The predicted octanol–water partition coefficient (Wildman–Crippen LogP) is 4.04. The Bertz CT molecular complexity index is 1550. The van der Waals surface area contributed by atoms with Gasteiger partial charge < -0.3 is 20.4 Å². The maximum absolute atomic E-state index is 13.2. The van der Waals surface area contributed by atoms with Gasteiger partial charge in [0.1, 0.15) is 17.2 Å². The quantitative estimate of drug-likeness (QED) is 0.177. The lowest BCUT2D eigenvalue weighted by atomic mass is 9.86. The summed E-state index contributed by atoms with van der Waals surface area (Å²) in [4.78, 5) is 27.4. The number of aryl methyl sites for hydroxylation is 2. The SMILES string of the molecule is C=Cc1[nH]c(C(N)(/C=N/N(C)C(=O)OC)c2cnn(CC)c2)c(CCc2ncc(Cc3ccc(F)cn3)[nH]2)c1C=C. The molecule has 12 heteroatoms. The van der Waals surface area contributed by atoms with Crippen molar-refractivity contribution >= 4 is 24.5 Å². The van der Waals surface area contributed by atoms with Crippen LogP contribution in [0.5, 0.6) is 0 Å². The number of hydrogen-bond acceptors (Lipinski definition) is 7. The summed E-state index contributed by atoms with van der Waals surface area (Å²) in [5.74, 6) is 0.392. The summed E-state index contributed by atoms with van der Waals surface area (Å²) >= 11 is 0. The molecule has 0 aromatic carbocycles. The number of hydrogen-bond donors (Lipinski definition) is 3. The van der Waals surface area contributed by atoms with Crippen molar-refractivity contribution in [2.75, 3.05) is 14.2 Å². The fourth-order valence-electron chi connectivity index (χ4n) is 4.54. The summed E-state index contributed by atoms with van der Waals surface area (Å²) in [7, 11) is 2.76. The van der Waals surface area contributed by atoms with Crippen molar-refractivity contribution in [3.63, 3.8) is 0 Å². The number of amides is 1. The number of nitrogens with two attached hydrogens (primary N) is 1. The smallest absolute Gasteiger partial charge is 0.429 e. The van der Waals surface area contributed by atoms with Gasteiger partial charge in [0.15, 0.2) is 0 Å². The monoisotopic (exact) mass is 559 g/mol. The van der Waals surface area contributed by atoms with Crippen LogP contribution in [0, 0.1) is 5.82 Å². The number of hydrazone groups is 1. The Morgan fingerprint density at radius 2 is 2.02 bits per heavy atom. The highest BCUT2D eigenvalue weighted by atomic mass is 19.1. The summed E-state index contributed by atoms with van der Waals surface area (Å²) < 4.78 is 19.8. The van der Waals surface area contributed by atoms with Crippen LogP contribution in [-0.4, -0.2) is 61.2 Å². The highest BCUT2D eigenvalue weighted by Crippen LogP contribution is 2.33. The summed E-state index contributed by atoms with van der Waals surface area (Å²) in [5, 5.41) is 9.79. The maximum Gasteiger partial charge on any atom is 0.429 e. The molecule has 0 aliphatic rings. The molecule has 0 radical (unpaired) electrons. The third-order valence-corrected chi connectivity index (χ3v) is 6.76. The van der Waals surface area contributed by atoms with E-state index in [4.69, 9.17) is 10.5 Å². The van der Waals surface area contributed by atoms with Gasteiger partial charge in [0, 0.05) is 72.7 Å². The number of ether oxygens (including phenoxy) is 1. The number of methoxy groups -OCH3 is 1. The van der Waals surface area contributed by atoms with Crippen LogP contribution in [0.4, 0.5) is 9.18 Å². The lowest BCUT2D eigenvalue weighted by Crippen LogP contribution is -2.42. The molecule has 4 aromatic rings. The summed E-state index contributed by atoms with van der Waals surface area (Å²) in [6.07, 6.45) is 12.4. The van der Waals surface area contributed by atoms with Crippen molar-refractivity contribution in [2.45, 2.75) is 38.3 Å². The molecule has 0 aliphatic carbocycles. The third-order valence-electron chi connectivity index (χ3n) is 6.76. The number of carbonyl (C=O) groups excluding carboxylic acids is 1. The van der Waals surface area contributed by atoms with E-state index in [1.54, 1.807) is 35.3 Å². The molecule has 0 saturated carbocycles. The van der Waals surface area contributed by atoms with Crippen LogP contribution >= 0.6 is 0 Å². The number of pyridine rings is 1. The standard InChI is InChI=1S/C29H34FN9O2/c1-6-23-24(11-12-26-33-16-22(36-26)13-21-10-9-20(30)15-32-21)27(37-25(23)7-2)29(31,18-35-38(4)28(40)41-5)19-14-34-39(8-3)17-19/h6-7,9-10,14-18,37H,1-2,8,11-13,31H2,3-5H3,(H,33,36)/b35-18+. The molecule has 214 valence electrons. The van der Waals surface area contributed by atoms with Crippen LogP contribution in [0.25, 0.3) is 12.2 Å². The van der Waals surface area contributed by atoms with E-state index in [0.29, 0.717) is 37.1 Å². The largest absolute Gasteiger partial charge is 0.451 e. The summed E-state index contributed by atoms with van der Waals surface area (Å²) in [5.41, 5.74) is 11.2. The number of nitrogens with zero attached hydrogens (tertiary/aromatic N) is 6. The Balaban J connectivity index is 1.70. The van der Waals surface area contributed by atoms with E-state index in [1.807, 2.05) is 13.1 Å². The number of halogens is 1. The Hall–Kier alpha value is -4.84. The molecular weight excluding hydrogens is 525 g/mol. The molecule has 4 heterocycles. The highest BCUT2D eigenvalue weighted by Gasteiger charge is 2.35. The second kappa shape index (κ2) is 12.6. The number of H-pyrrole nitrogens is 2. The number of aromatic amines is 2. The van der Waals surface area contributed by atoms with Crippen LogP contribution in [0.2, 0.25) is 0 Å². The van der Waals surface area contributed by atoms with E-state index in [0.717, 1.165) is 39.0 Å². The first kappa shape index (κ1) is 29.2. The van der Waals surface area contributed by atoms with Crippen molar-refractivity contribution in [1.82, 2.24) is 34.7 Å². The van der Waals surface area contributed by atoms with Gasteiger partial charge in [-0.2, -0.15) is 10.2 Å². The molecular formula is C29H34FN9O2. The second-order valence-electron chi connectivity index (χ2n) is 9.41. The number of imidazole rings is 1. The molecule has 4 rings (SSSR count). The zero-order valence-electron chi connectivity index (χ0n) is 23.4. The Labute approximate surface area is 237 Å². The van der Waals surface area contributed by atoms with Crippen LogP contribution in [0.3, 0.4) is 0 Å². The first-order valence-electron chi connectivity index (χ1n) is 13.0. The van der Waals surface area contributed by atoms with E-state index >= 15 is 0 Å². The molecule has 11 nitrogen and oxygen atoms in total. The zero-order valence-corrected chi connectivity index (χ0v) is 23.4. The van der Waals surface area contributed by atoms with E-state index in [1.165, 1.54) is 32.6 Å². The van der Waals surface area contributed by atoms with Gasteiger partial charge in [0.05, 0.1) is 25.7 Å². The summed E-state index contributed by atoms with van der Waals surface area (Å²) in [6, 6.07) is 3.03. The second-order valence-corrected chi connectivity index (χ2v) is 9.41. The molecule has 4 N–H and O–H groups in total. The van der Waals surface area contributed by atoms with Gasteiger partial charge in [0.2, 0.25) is 0 Å². The minimum atomic E-state index is -1.30. The van der Waals surface area contributed by atoms with Crippen molar-refractivity contribution in [3.05, 3.63) is 101 Å². The lowest BCUT2D eigenvalue weighted by Gasteiger charge is -2.25. The molecule has 4 aromatic heterocycles. The fraction of sp³-hybridized carbons (Fsp3) is 0.276. The molecule has 0 bridgehead atoms. The normalized spacial score (nSPS) is 12.8. The lowest BCUT2D eigenvalue weighted by molar-refractivity contribution is 0.135. The Kier molecular flexibility index (Phi) is 8.93. The minimum absolute atomic E-state index is 0.377. The minimum Gasteiger partial charge on any atom is -0.451 e. The van der Waals surface area contributed by atoms with Gasteiger partial charge in [-0.25, -0.2) is 19.2 Å². The number of rotatable bonds is 12. The molecule has 1 unspecified atom stereocenters. The predicted molar refractivity (Wildman–Crippen MR) is 155 cm³/mol. The molecule has 0 aliphatic heterocycles. The molecule has 0 spiro atoms. The van der Waals surface area contributed by atoms with Gasteiger partial charge in [-0.05, 0) is 37.1 Å². The van der Waals surface area contributed by atoms with Gasteiger partial charge in [0.25, 0.3) is 0 Å². The maximum atomic E-state index is 13.2. The van der Waals surface area contributed by atoms with E-state index in [-0.39, 0.29) is 5.82 Å². The molecule has 0 saturated heterocycles. The van der Waals surface area contributed by atoms with Gasteiger partial charge >= 0.3 is 6.09 Å². The highest BCUT2D eigenvalue weighted by molar-refractivity contribution is 5.81. The summed E-state index contributed by atoms with van der Waals surface area (Å²) in [6.45, 7) is 10.6. The van der Waals surface area contributed by atoms with Crippen molar-refractivity contribution in [1.29, 1.82) is 0 Å². The molecule has 41 heavy (non-hydrogen) atoms. The van der Waals surface area contributed by atoms with E-state index < -0.39 is 11.6 Å². The van der Waals surface area contributed by atoms with Gasteiger partial charge in [-0.3, -0.25) is 9.67 Å². The number of carbonyl (C=O) groups is 1. The number of aromatic nitrogens is 6. The number of nitrogens with one attached hydrogen (secondary N) is 2. The topological polar surface area (TPSA) is 143 Å². The van der Waals surface area contributed by atoms with E-state index in [9.17, 15) is 9.18 Å². The zero-order chi connectivity index (χ0) is 29.6. The average Bonchev–Trinajstić information content (AvgIpc) is 3.74. The van der Waals surface area contributed by atoms with Crippen LogP contribution in [-0.2, 0) is 36.1 Å². The van der Waals surface area contributed by atoms with Crippen molar-refractivity contribution in [2.24, 2.45) is 10.8 Å². The third kappa shape index (κ3) is 6.33. The van der Waals surface area contributed by atoms with Gasteiger partial charge in [-0.15, -0.1) is 0 Å². The Morgan fingerprint density at radius 3 is 2.66 bits per heavy atom. The van der Waals surface area contributed by atoms with Crippen LogP contribution in [0.1, 0.15) is 52.2 Å². The van der Waals surface area contributed by atoms with Crippen molar-refractivity contribution in [3.8, 4) is 0 Å². The molecule has 1 amide bonds. The van der Waals surface area contributed by atoms with Crippen LogP contribution in [0.15, 0.2) is 55.2 Å². The Morgan fingerprint density at radius 1 is 1.22 bits per heavy atom. The van der Waals surface area contributed by atoms with Gasteiger partial charge in [-0.1, -0.05) is 19.2 Å². The van der Waals surface area contributed by atoms with Crippen LogP contribution < -0.4 is 5.73 Å². The molecule has 0 fully saturated rings. The van der Waals surface area contributed by atoms with Crippen molar-refractivity contribution < 1.29 is 13.9 Å². The molecule has 1 atom stereocenters. The van der Waals surface area contributed by atoms with E-state index in [2.05, 4.69) is 43.3 Å². The first-order valence-corrected chi connectivity index (χ1v) is 13.0. The fourth-order valence-corrected chi connectivity index (χ4v) is 4.54.